The number of hydrogen-bond acceptors (Lipinski definition) is 2. The molecule has 2 saturated heterocycles. The molecule has 3 rings (SSSR count). The van der Waals surface area contributed by atoms with E-state index in [4.69, 9.17) is 0 Å². The number of rotatable bonds is 2. The molecule has 2 fully saturated rings. The van der Waals surface area contributed by atoms with E-state index in [0.717, 1.165) is 25.9 Å². The Morgan fingerprint density at radius 3 is 2.71 bits per heavy atom. The van der Waals surface area contributed by atoms with Crippen LogP contribution < -0.4 is 5.32 Å². The molecule has 0 aromatic heterocycles. The summed E-state index contributed by atoms with van der Waals surface area (Å²) in [4.78, 5) is 2.15. The van der Waals surface area contributed by atoms with Gasteiger partial charge < -0.3 is 5.32 Å². The zero-order valence-electron chi connectivity index (χ0n) is 11.6. The number of likely N-dealkylation sites (tertiary alicyclic amines) is 1. The molecular formula is C15H18BrF3N2. The van der Waals surface area contributed by atoms with Crippen LogP contribution in [0.25, 0.3) is 0 Å². The molecule has 2 aliphatic rings. The molecule has 116 valence electrons. The van der Waals surface area contributed by atoms with E-state index in [0.29, 0.717) is 28.7 Å². The molecule has 0 radical (unpaired) electrons. The fourth-order valence-corrected chi connectivity index (χ4v) is 3.71. The van der Waals surface area contributed by atoms with Gasteiger partial charge in [0.25, 0.3) is 0 Å². The van der Waals surface area contributed by atoms with Gasteiger partial charge in [-0.25, -0.2) is 0 Å². The molecule has 1 aromatic rings. The molecule has 0 saturated carbocycles. The number of nitrogens with one attached hydrogen (secondary N) is 1. The first kappa shape index (κ1) is 15.3. The van der Waals surface area contributed by atoms with E-state index < -0.39 is 11.7 Å². The van der Waals surface area contributed by atoms with Gasteiger partial charge in [-0.2, -0.15) is 13.2 Å². The molecule has 6 heteroatoms. The average molecular weight is 363 g/mol. The molecule has 21 heavy (non-hydrogen) atoms. The third kappa shape index (κ3) is 3.60. The highest BCUT2D eigenvalue weighted by atomic mass is 79.9. The van der Waals surface area contributed by atoms with Crippen LogP contribution in [0.1, 0.15) is 30.4 Å². The van der Waals surface area contributed by atoms with E-state index in [9.17, 15) is 13.2 Å². The van der Waals surface area contributed by atoms with Gasteiger partial charge in [-0.3, -0.25) is 4.90 Å². The van der Waals surface area contributed by atoms with Crippen molar-refractivity contribution in [1.29, 1.82) is 0 Å². The third-order valence-corrected chi connectivity index (χ3v) is 4.87. The largest absolute Gasteiger partial charge is 0.416 e. The summed E-state index contributed by atoms with van der Waals surface area (Å²) >= 11 is 3.13. The first-order valence-corrected chi connectivity index (χ1v) is 8.05. The van der Waals surface area contributed by atoms with Gasteiger partial charge >= 0.3 is 6.18 Å². The van der Waals surface area contributed by atoms with Crippen LogP contribution in [-0.4, -0.2) is 30.1 Å². The Balaban J connectivity index is 1.78. The van der Waals surface area contributed by atoms with Gasteiger partial charge in [0.2, 0.25) is 0 Å². The summed E-state index contributed by atoms with van der Waals surface area (Å²) in [5.41, 5.74) is -0.164. The predicted octanol–water partition coefficient (Wildman–Crippen LogP) is 3.79. The zero-order chi connectivity index (χ0) is 15.0. The van der Waals surface area contributed by atoms with E-state index >= 15 is 0 Å². The lowest BCUT2D eigenvalue weighted by Crippen LogP contribution is -2.35. The van der Waals surface area contributed by atoms with Gasteiger partial charge in [0.15, 0.2) is 0 Å². The number of alkyl halides is 3. The average Bonchev–Trinajstić information content (AvgIpc) is 2.73. The molecule has 2 aliphatic heterocycles. The van der Waals surface area contributed by atoms with Crippen LogP contribution >= 0.6 is 15.9 Å². The number of hydrogen-bond donors (Lipinski definition) is 1. The zero-order valence-corrected chi connectivity index (χ0v) is 13.2. The van der Waals surface area contributed by atoms with Crippen LogP contribution in [0.3, 0.4) is 0 Å². The van der Waals surface area contributed by atoms with Crippen LogP contribution in [0.15, 0.2) is 22.7 Å². The van der Waals surface area contributed by atoms with Gasteiger partial charge in [-0.1, -0.05) is 22.0 Å². The predicted molar refractivity (Wildman–Crippen MR) is 79.0 cm³/mol. The fraction of sp³-hybridized carbons (Fsp3) is 0.600. The Kier molecular flexibility index (Phi) is 4.30. The molecule has 1 aromatic carbocycles. The molecule has 2 unspecified atom stereocenters. The van der Waals surface area contributed by atoms with Crippen molar-refractivity contribution in [3.8, 4) is 0 Å². The molecule has 2 atom stereocenters. The molecule has 2 bridgehead atoms. The van der Waals surface area contributed by atoms with Crippen molar-refractivity contribution in [2.75, 3.05) is 13.1 Å². The SMILES string of the molecule is FC(F)(F)c1cc(Br)ccc1CN1CCC2CCC(C1)N2. The van der Waals surface area contributed by atoms with Crippen LogP contribution in [0.2, 0.25) is 0 Å². The molecule has 0 aliphatic carbocycles. The third-order valence-electron chi connectivity index (χ3n) is 4.38. The highest BCUT2D eigenvalue weighted by Gasteiger charge is 2.35. The lowest BCUT2D eigenvalue weighted by molar-refractivity contribution is -0.138. The number of fused-ring (bicyclic) bond motifs is 2. The van der Waals surface area contributed by atoms with E-state index in [1.807, 2.05) is 0 Å². The smallest absolute Gasteiger partial charge is 0.310 e. The van der Waals surface area contributed by atoms with Crippen molar-refractivity contribution in [3.05, 3.63) is 33.8 Å². The second-order valence-electron chi connectivity index (χ2n) is 5.96. The molecule has 2 heterocycles. The number of nitrogens with zero attached hydrogens (tertiary/aromatic N) is 1. The van der Waals surface area contributed by atoms with Crippen LogP contribution in [0, 0.1) is 0 Å². The van der Waals surface area contributed by atoms with Crippen molar-refractivity contribution < 1.29 is 13.2 Å². The van der Waals surface area contributed by atoms with Crippen LogP contribution in [0.5, 0.6) is 0 Å². The van der Waals surface area contributed by atoms with Crippen molar-refractivity contribution in [2.24, 2.45) is 0 Å². The maximum Gasteiger partial charge on any atom is 0.416 e. The van der Waals surface area contributed by atoms with Crippen LogP contribution in [0.4, 0.5) is 13.2 Å². The van der Waals surface area contributed by atoms with Crippen molar-refractivity contribution >= 4 is 15.9 Å². The summed E-state index contributed by atoms with van der Waals surface area (Å²) in [6.07, 6.45) is -0.950. The Morgan fingerprint density at radius 1 is 1.19 bits per heavy atom. The second-order valence-corrected chi connectivity index (χ2v) is 6.88. The summed E-state index contributed by atoms with van der Waals surface area (Å²) in [5.74, 6) is 0. The minimum Gasteiger partial charge on any atom is -0.310 e. The van der Waals surface area contributed by atoms with Gasteiger partial charge in [0, 0.05) is 36.2 Å². The normalized spacial score (nSPS) is 26.9. The molecule has 2 nitrogen and oxygen atoms in total. The first-order chi connectivity index (χ1) is 9.91. The van der Waals surface area contributed by atoms with Crippen molar-refractivity contribution in [1.82, 2.24) is 10.2 Å². The van der Waals surface area contributed by atoms with Gasteiger partial charge in [0.05, 0.1) is 5.56 Å². The minimum absolute atomic E-state index is 0.364. The van der Waals surface area contributed by atoms with Gasteiger partial charge in [0.1, 0.15) is 0 Å². The van der Waals surface area contributed by atoms with E-state index in [2.05, 4.69) is 26.1 Å². The number of halogens is 4. The highest BCUT2D eigenvalue weighted by Crippen LogP contribution is 2.34. The Labute approximate surface area is 130 Å². The number of benzene rings is 1. The standard InChI is InChI=1S/C15H18BrF3N2/c16-11-2-1-10(14(7-11)15(17,18)19)8-21-6-5-12-3-4-13(9-21)20-12/h1-2,7,12-13,20H,3-6,8-9H2. The fourth-order valence-electron chi connectivity index (χ4n) is 3.35. The second kappa shape index (κ2) is 5.89. The summed E-state index contributed by atoms with van der Waals surface area (Å²) in [6, 6.07) is 5.43. The monoisotopic (exact) mass is 362 g/mol. The molecule has 0 amide bonds. The molecule has 0 spiro atoms. The first-order valence-electron chi connectivity index (χ1n) is 7.26. The lowest BCUT2D eigenvalue weighted by atomic mass is 10.0. The van der Waals surface area contributed by atoms with E-state index in [-0.39, 0.29) is 0 Å². The Hall–Kier alpha value is -0.590. The minimum atomic E-state index is -4.30. The summed E-state index contributed by atoms with van der Waals surface area (Å²) in [5, 5.41) is 3.55. The van der Waals surface area contributed by atoms with Crippen LogP contribution in [-0.2, 0) is 12.7 Å². The quantitative estimate of drug-likeness (QED) is 0.860. The summed E-state index contributed by atoms with van der Waals surface area (Å²) < 4.78 is 40.0. The van der Waals surface area contributed by atoms with E-state index in [1.165, 1.54) is 12.5 Å². The van der Waals surface area contributed by atoms with E-state index in [1.54, 1.807) is 12.1 Å². The van der Waals surface area contributed by atoms with Crippen molar-refractivity contribution in [2.45, 2.75) is 44.1 Å². The van der Waals surface area contributed by atoms with Gasteiger partial charge in [-0.15, -0.1) is 0 Å². The lowest BCUT2D eigenvalue weighted by Gasteiger charge is -2.25. The maximum absolute atomic E-state index is 13.2. The summed E-state index contributed by atoms with van der Waals surface area (Å²) in [7, 11) is 0. The van der Waals surface area contributed by atoms with Gasteiger partial charge in [-0.05, 0) is 37.0 Å². The topological polar surface area (TPSA) is 15.3 Å². The molecule has 1 N–H and O–H groups in total. The summed E-state index contributed by atoms with van der Waals surface area (Å²) in [6.45, 7) is 2.07. The Morgan fingerprint density at radius 2 is 1.95 bits per heavy atom. The Bertz CT molecular complexity index is 518. The highest BCUT2D eigenvalue weighted by molar-refractivity contribution is 9.10. The van der Waals surface area contributed by atoms with Crippen molar-refractivity contribution in [3.63, 3.8) is 0 Å². The maximum atomic E-state index is 13.2. The molecular weight excluding hydrogens is 345 g/mol.